The van der Waals surface area contributed by atoms with Crippen LogP contribution in [0.4, 0.5) is 0 Å². The lowest BCUT2D eigenvalue weighted by Gasteiger charge is -2.24. The Morgan fingerprint density at radius 2 is 1.83 bits per heavy atom. The Bertz CT molecular complexity index is 738. The molecule has 5 nitrogen and oxygen atoms in total. The highest BCUT2D eigenvalue weighted by molar-refractivity contribution is 5.74. The monoisotopic (exact) mass is 322 g/mol. The largest absolute Gasteiger partial charge is 0.317 e. The molecule has 3 heterocycles. The molecular formula is C19H22N4O. The summed E-state index contributed by atoms with van der Waals surface area (Å²) < 4.78 is 0. The van der Waals surface area contributed by atoms with E-state index in [9.17, 15) is 5.21 Å². The number of piperidine rings is 1. The van der Waals surface area contributed by atoms with Crippen LogP contribution in [-0.2, 0) is 0 Å². The first-order chi connectivity index (χ1) is 11.8. The van der Waals surface area contributed by atoms with Crippen LogP contribution in [0.2, 0.25) is 0 Å². The third-order valence-electron chi connectivity index (χ3n) is 4.90. The van der Waals surface area contributed by atoms with E-state index >= 15 is 0 Å². The van der Waals surface area contributed by atoms with Gasteiger partial charge in [0, 0.05) is 30.1 Å². The van der Waals surface area contributed by atoms with Crippen LogP contribution in [0.25, 0.3) is 16.8 Å². The van der Waals surface area contributed by atoms with E-state index in [0.29, 0.717) is 12.5 Å². The zero-order chi connectivity index (χ0) is 16.4. The van der Waals surface area contributed by atoms with Crippen molar-refractivity contribution < 1.29 is 5.21 Å². The smallest absolute Gasteiger partial charge is 0.0901 e. The van der Waals surface area contributed by atoms with Gasteiger partial charge in [0.2, 0.25) is 0 Å². The number of hydrogen-bond donors (Lipinski definition) is 3. The van der Waals surface area contributed by atoms with Gasteiger partial charge in [-0.25, -0.2) is 5.43 Å². The van der Waals surface area contributed by atoms with Gasteiger partial charge in [0.15, 0.2) is 0 Å². The zero-order valence-corrected chi connectivity index (χ0v) is 13.6. The Kier molecular flexibility index (Phi) is 4.30. The van der Waals surface area contributed by atoms with Gasteiger partial charge in [-0.1, -0.05) is 24.3 Å². The number of hydrogen-bond acceptors (Lipinski definition) is 5. The van der Waals surface area contributed by atoms with E-state index in [4.69, 9.17) is 0 Å². The standard InChI is InChI=1S/C19H22N4O/c24-23-19(18(13-22-23)14-6-9-20-10-7-14)16-4-1-3-15(11-16)17-5-2-8-21-12-17/h1-5,8,11-12,14,20,22,24H,6-7,9-10,13H2. The second kappa shape index (κ2) is 6.73. The fraction of sp³-hybridized carbons (Fsp3) is 0.316. The average Bonchev–Trinajstić information content (AvgIpc) is 3.05. The summed E-state index contributed by atoms with van der Waals surface area (Å²) in [6, 6.07) is 12.3. The van der Waals surface area contributed by atoms with Crippen LogP contribution in [0.5, 0.6) is 0 Å². The van der Waals surface area contributed by atoms with E-state index in [-0.39, 0.29) is 0 Å². The van der Waals surface area contributed by atoms with Crippen molar-refractivity contribution in [3.63, 3.8) is 0 Å². The summed E-state index contributed by atoms with van der Waals surface area (Å²) in [5.74, 6) is 0.521. The van der Waals surface area contributed by atoms with Gasteiger partial charge in [-0.15, -0.1) is 0 Å². The lowest BCUT2D eigenvalue weighted by molar-refractivity contribution is -0.0639. The van der Waals surface area contributed by atoms with Crippen LogP contribution in [-0.4, -0.2) is 35.0 Å². The minimum Gasteiger partial charge on any atom is -0.317 e. The van der Waals surface area contributed by atoms with Crippen LogP contribution in [0.15, 0.2) is 54.4 Å². The first-order valence-corrected chi connectivity index (χ1v) is 8.50. The molecule has 124 valence electrons. The Hall–Kier alpha value is -2.21. The number of hydroxylamine groups is 1. The van der Waals surface area contributed by atoms with Crippen LogP contribution in [0.3, 0.4) is 0 Å². The van der Waals surface area contributed by atoms with E-state index < -0.39 is 0 Å². The Morgan fingerprint density at radius 1 is 1.04 bits per heavy atom. The van der Waals surface area contributed by atoms with Gasteiger partial charge < -0.3 is 5.32 Å². The highest BCUT2D eigenvalue weighted by Gasteiger charge is 2.29. The molecule has 2 aromatic rings. The van der Waals surface area contributed by atoms with Crippen molar-refractivity contribution in [1.82, 2.24) is 20.9 Å². The van der Waals surface area contributed by atoms with Crippen molar-refractivity contribution in [1.29, 1.82) is 0 Å². The lowest BCUT2D eigenvalue weighted by atomic mass is 9.87. The van der Waals surface area contributed by atoms with Gasteiger partial charge >= 0.3 is 0 Å². The topological polar surface area (TPSA) is 60.4 Å². The highest BCUT2D eigenvalue weighted by Crippen LogP contribution is 2.34. The van der Waals surface area contributed by atoms with Gasteiger partial charge in [0.05, 0.1) is 5.70 Å². The van der Waals surface area contributed by atoms with Gasteiger partial charge in [0.1, 0.15) is 0 Å². The number of rotatable bonds is 3. The molecule has 0 atom stereocenters. The molecule has 2 aliphatic rings. The molecule has 0 aliphatic carbocycles. The normalized spacial score (nSPS) is 19.1. The molecule has 1 fully saturated rings. The molecule has 24 heavy (non-hydrogen) atoms. The summed E-state index contributed by atoms with van der Waals surface area (Å²) in [7, 11) is 0. The molecule has 1 aromatic heterocycles. The van der Waals surface area contributed by atoms with E-state index in [1.165, 1.54) is 10.7 Å². The number of nitrogens with one attached hydrogen (secondary N) is 2. The van der Waals surface area contributed by atoms with E-state index in [1.807, 2.05) is 18.3 Å². The van der Waals surface area contributed by atoms with E-state index in [2.05, 4.69) is 40.0 Å². The maximum absolute atomic E-state index is 10.3. The summed E-state index contributed by atoms with van der Waals surface area (Å²) in [4.78, 5) is 4.20. The summed E-state index contributed by atoms with van der Waals surface area (Å²) in [6.45, 7) is 2.80. The second-order valence-electron chi connectivity index (χ2n) is 6.37. The predicted octanol–water partition coefficient (Wildman–Crippen LogP) is 2.67. The van der Waals surface area contributed by atoms with Gasteiger partial charge in [-0.3, -0.25) is 10.2 Å². The fourth-order valence-corrected chi connectivity index (χ4v) is 3.65. The van der Waals surface area contributed by atoms with E-state index in [1.54, 1.807) is 6.20 Å². The minimum atomic E-state index is 0.521. The summed E-state index contributed by atoms with van der Waals surface area (Å²) in [5.41, 5.74) is 8.51. The second-order valence-corrected chi connectivity index (χ2v) is 6.37. The fourth-order valence-electron chi connectivity index (χ4n) is 3.65. The molecule has 0 spiro atoms. The predicted molar refractivity (Wildman–Crippen MR) is 93.8 cm³/mol. The Labute approximate surface area is 142 Å². The molecule has 0 unspecified atom stereocenters. The first kappa shape index (κ1) is 15.3. The molecule has 4 rings (SSSR count). The van der Waals surface area contributed by atoms with Crippen molar-refractivity contribution >= 4 is 5.70 Å². The summed E-state index contributed by atoms with van der Waals surface area (Å²) >= 11 is 0. The van der Waals surface area contributed by atoms with Gasteiger partial charge in [-0.05, 0) is 55.1 Å². The quantitative estimate of drug-likeness (QED) is 0.811. The summed E-state index contributed by atoms with van der Waals surface area (Å²) in [5, 5.41) is 14.9. The van der Waals surface area contributed by atoms with Crippen molar-refractivity contribution in [3.05, 3.63) is 59.9 Å². The SMILES string of the molecule is ON1NCC(C2CCNCC2)=C1c1cccc(-c2cccnc2)c1. The molecule has 0 bridgehead atoms. The zero-order valence-electron chi connectivity index (χ0n) is 13.6. The Balaban J connectivity index is 1.73. The molecule has 1 aromatic carbocycles. The number of nitrogens with zero attached hydrogens (tertiary/aromatic N) is 2. The number of hydrazine groups is 1. The number of pyridine rings is 1. The number of benzene rings is 1. The van der Waals surface area contributed by atoms with Crippen molar-refractivity contribution in [2.45, 2.75) is 12.8 Å². The maximum Gasteiger partial charge on any atom is 0.0901 e. The number of aromatic nitrogens is 1. The van der Waals surface area contributed by atoms with Crippen LogP contribution < -0.4 is 10.7 Å². The molecular weight excluding hydrogens is 300 g/mol. The molecule has 0 radical (unpaired) electrons. The first-order valence-electron chi connectivity index (χ1n) is 8.50. The van der Waals surface area contributed by atoms with Crippen LogP contribution in [0, 0.1) is 5.92 Å². The van der Waals surface area contributed by atoms with Gasteiger partial charge in [-0.2, -0.15) is 5.17 Å². The van der Waals surface area contributed by atoms with Crippen molar-refractivity contribution in [2.75, 3.05) is 19.6 Å². The third kappa shape index (κ3) is 2.94. The third-order valence-corrected chi connectivity index (χ3v) is 4.90. The highest BCUT2D eigenvalue weighted by atomic mass is 16.5. The lowest BCUT2D eigenvalue weighted by Crippen LogP contribution is -2.30. The Morgan fingerprint density at radius 3 is 2.62 bits per heavy atom. The molecule has 3 N–H and O–H groups in total. The van der Waals surface area contributed by atoms with Gasteiger partial charge in [0.25, 0.3) is 0 Å². The minimum absolute atomic E-state index is 0.521. The molecule has 2 aliphatic heterocycles. The molecule has 0 amide bonds. The van der Waals surface area contributed by atoms with Crippen LogP contribution >= 0.6 is 0 Å². The van der Waals surface area contributed by atoms with Crippen LogP contribution in [0.1, 0.15) is 18.4 Å². The average molecular weight is 322 g/mol. The molecule has 5 heteroatoms. The molecule has 0 saturated carbocycles. The maximum atomic E-state index is 10.3. The van der Waals surface area contributed by atoms with Crippen molar-refractivity contribution in [3.8, 4) is 11.1 Å². The summed E-state index contributed by atoms with van der Waals surface area (Å²) in [6.07, 6.45) is 5.89. The van der Waals surface area contributed by atoms with Crippen molar-refractivity contribution in [2.24, 2.45) is 5.92 Å². The molecule has 1 saturated heterocycles. The van der Waals surface area contributed by atoms with E-state index in [0.717, 1.165) is 48.3 Å².